The molecular formula is C13H15BrN2O2. The molecule has 0 fully saturated rings. The Kier molecular flexibility index (Phi) is 6.23. The van der Waals surface area contributed by atoms with E-state index in [0.717, 1.165) is 10.2 Å². The third kappa shape index (κ3) is 4.38. The predicted octanol–water partition coefficient (Wildman–Crippen LogP) is 3.08. The monoisotopic (exact) mass is 310 g/mol. The van der Waals surface area contributed by atoms with Crippen LogP contribution in [0.2, 0.25) is 0 Å². The van der Waals surface area contributed by atoms with Crippen molar-refractivity contribution in [2.45, 2.75) is 19.8 Å². The summed E-state index contributed by atoms with van der Waals surface area (Å²) in [7, 11) is 0. The second kappa shape index (κ2) is 7.72. The number of carbonyl (C=O) groups excluding carboxylic acids is 1. The van der Waals surface area contributed by atoms with Crippen LogP contribution < -0.4 is 5.32 Å². The van der Waals surface area contributed by atoms with Gasteiger partial charge in [-0.2, -0.15) is 5.26 Å². The van der Waals surface area contributed by atoms with Gasteiger partial charge in [-0.1, -0.05) is 6.07 Å². The Balaban J connectivity index is 2.43. The molecule has 1 rings (SSSR count). The van der Waals surface area contributed by atoms with Gasteiger partial charge in [0.05, 0.1) is 17.9 Å². The van der Waals surface area contributed by atoms with Crippen molar-refractivity contribution in [2.24, 2.45) is 0 Å². The number of nitrogens with one attached hydrogen (secondary N) is 1. The van der Waals surface area contributed by atoms with Crippen molar-refractivity contribution in [2.75, 3.05) is 18.5 Å². The summed E-state index contributed by atoms with van der Waals surface area (Å²) in [6, 6.07) is 7.66. The molecule has 1 aromatic carbocycles. The van der Waals surface area contributed by atoms with Gasteiger partial charge in [-0.25, -0.2) is 0 Å². The molecule has 0 saturated carbocycles. The van der Waals surface area contributed by atoms with Gasteiger partial charge in [-0.3, -0.25) is 4.79 Å². The van der Waals surface area contributed by atoms with Crippen molar-refractivity contribution in [1.82, 2.24) is 0 Å². The molecule has 0 radical (unpaired) electrons. The van der Waals surface area contributed by atoms with Gasteiger partial charge in [0.1, 0.15) is 6.07 Å². The highest BCUT2D eigenvalue weighted by molar-refractivity contribution is 9.10. The van der Waals surface area contributed by atoms with Gasteiger partial charge < -0.3 is 10.1 Å². The maximum atomic E-state index is 11.1. The number of esters is 1. The van der Waals surface area contributed by atoms with Crippen LogP contribution in [0.5, 0.6) is 0 Å². The fourth-order valence-electron chi connectivity index (χ4n) is 1.47. The van der Waals surface area contributed by atoms with Crippen LogP contribution in [0.4, 0.5) is 5.69 Å². The molecule has 0 aromatic heterocycles. The molecule has 18 heavy (non-hydrogen) atoms. The number of nitrogens with zero attached hydrogens (tertiary/aromatic N) is 1. The molecule has 0 aliphatic heterocycles. The van der Waals surface area contributed by atoms with Gasteiger partial charge in [0.15, 0.2) is 0 Å². The Bertz CT molecular complexity index is 455. The zero-order valence-corrected chi connectivity index (χ0v) is 11.8. The van der Waals surface area contributed by atoms with Crippen LogP contribution >= 0.6 is 15.9 Å². The van der Waals surface area contributed by atoms with Crippen molar-refractivity contribution in [3.8, 4) is 6.07 Å². The lowest BCUT2D eigenvalue weighted by molar-refractivity contribution is -0.143. The molecule has 4 nitrogen and oxygen atoms in total. The van der Waals surface area contributed by atoms with Crippen molar-refractivity contribution in [1.29, 1.82) is 5.26 Å². The van der Waals surface area contributed by atoms with Crippen LogP contribution in [-0.2, 0) is 9.53 Å². The molecule has 0 amide bonds. The minimum absolute atomic E-state index is 0.186. The molecule has 0 saturated heterocycles. The third-order valence-corrected chi connectivity index (χ3v) is 2.96. The Hall–Kier alpha value is -1.54. The fourth-order valence-corrected chi connectivity index (χ4v) is 1.93. The van der Waals surface area contributed by atoms with Crippen molar-refractivity contribution < 1.29 is 9.53 Å². The molecule has 0 aliphatic rings. The maximum absolute atomic E-state index is 11.1. The molecule has 0 aliphatic carbocycles. The van der Waals surface area contributed by atoms with E-state index in [2.05, 4.69) is 27.3 Å². The van der Waals surface area contributed by atoms with Gasteiger partial charge >= 0.3 is 5.97 Å². The van der Waals surface area contributed by atoms with Gasteiger partial charge in [-0.05, 0) is 41.4 Å². The molecule has 0 unspecified atom stereocenters. The number of benzene rings is 1. The summed E-state index contributed by atoms with van der Waals surface area (Å²) in [6.45, 7) is 2.83. The van der Waals surface area contributed by atoms with E-state index >= 15 is 0 Å². The summed E-state index contributed by atoms with van der Waals surface area (Å²) in [5.41, 5.74) is 1.35. The zero-order valence-electron chi connectivity index (χ0n) is 10.2. The molecule has 1 aromatic rings. The standard InChI is InChI=1S/C13H15BrN2O2/c1-2-18-13(17)7-4-8-16-12-6-3-5-11(14)10(12)9-15/h3,5-6,16H,2,4,7-8H2,1H3. The summed E-state index contributed by atoms with van der Waals surface area (Å²) in [5.74, 6) is -0.186. The van der Waals surface area contributed by atoms with Crippen molar-refractivity contribution >= 4 is 27.6 Å². The average Bonchev–Trinajstić information content (AvgIpc) is 2.35. The van der Waals surface area contributed by atoms with E-state index in [9.17, 15) is 4.79 Å². The van der Waals surface area contributed by atoms with Crippen molar-refractivity contribution in [3.63, 3.8) is 0 Å². The normalized spacial score (nSPS) is 9.61. The first kappa shape index (κ1) is 14.5. The Labute approximate surface area is 115 Å². The number of hydrogen-bond acceptors (Lipinski definition) is 4. The highest BCUT2D eigenvalue weighted by atomic mass is 79.9. The van der Waals surface area contributed by atoms with E-state index in [1.54, 1.807) is 6.92 Å². The van der Waals surface area contributed by atoms with E-state index < -0.39 is 0 Å². The summed E-state index contributed by atoms with van der Waals surface area (Å²) in [5, 5.41) is 12.2. The molecule has 1 N–H and O–H groups in total. The summed E-state index contributed by atoms with van der Waals surface area (Å²) in [4.78, 5) is 11.1. The molecular weight excluding hydrogens is 296 g/mol. The predicted molar refractivity (Wildman–Crippen MR) is 73.2 cm³/mol. The van der Waals surface area contributed by atoms with Gasteiger partial charge in [-0.15, -0.1) is 0 Å². The number of ether oxygens (including phenoxy) is 1. The largest absolute Gasteiger partial charge is 0.466 e. The lowest BCUT2D eigenvalue weighted by Gasteiger charge is -2.08. The first-order valence-corrected chi connectivity index (χ1v) is 6.56. The number of rotatable bonds is 6. The van der Waals surface area contributed by atoms with Crippen LogP contribution in [0.3, 0.4) is 0 Å². The number of carbonyl (C=O) groups is 1. The molecule has 5 heteroatoms. The number of anilines is 1. The van der Waals surface area contributed by atoms with E-state index in [-0.39, 0.29) is 5.97 Å². The lowest BCUT2D eigenvalue weighted by atomic mass is 10.2. The highest BCUT2D eigenvalue weighted by Gasteiger charge is 2.06. The maximum Gasteiger partial charge on any atom is 0.305 e. The first-order valence-electron chi connectivity index (χ1n) is 5.77. The van der Waals surface area contributed by atoms with Crippen molar-refractivity contribution in [3.05, 3.63) is 28.2 Å². The van der Waals surface area contributed by atoms with E-state index in [0.29, 0.717) is 31.6 Å². The lowest BCUT2D eigenvalue weighted by Crippen LogP contribution is -2.08. The summed E-state index contributed by atoms with van der Waals surface area (Å²) in [6.07, 6.45) is 1.06. The number of halogens is 1. The Morgan fingerprint density at radius 1 is 1.56 bits per heavy atom. The second-order valence-electron chi connectivity index (χ2n) is 3.61. The van der Waals surface area contributed by atoms with Gasteiger partial charge in [0.2, 0.25) is 0 Å². The topological polar surface area (TPSA) is 62.1 Å². The fraction of sp³-hybridized carbons (Fsp3) is 0.385. The Morgan fingerprint density at radius 3 is 3.00 bits per heavy atom. The first-order chi connectivity index (χ1) is 8.69. The minimum atomic E-state index is -0.186. The molecule has 0 spiro atoms. The SMILES string of the molecule is CCOC(=O)CCCNc1cccc(Br)c1C#N. The van der Waals surface area contributed by atoms with Crippen LogP contribution in [0.1, 0.15) is 25.3 Å². The smallest absolute Gasteiger partial charge is 0.305 e. The van der Waals surface area contributed by atoms with E-state index in [4.69, 9.17) is 10.00 Å². The number of nitriles is 1. The van der Waals surface area contributed by atoms with Crippen LogP contribution in [0.25, 0.3) is 0 Å². The summed E-state index contributed by atoms with van der Waals surface area (Å²) < 4.78 is 5.60. The molecule has 0 heterocycles. The number of hydrogen-bond donors (Lipinski definition) is 1. The second-order valence-corrected chi connectivity index (χ2v) is 4.46. The summed E-state index contributed by atoms with van der Waals surface area (Å²) >= 11 is 3.32. The van der Waals surface area contributed by atoms with Crippen LogP contribution in [0, 0.1) is 11.3 Å². The molecule has 0 bridgehead atoms. The van der Waals surface area contributed by atoms with Gasteiger partial charge in [0.25, 0.3) is 0 Å². The van der Waals surface area contributed by atoms with Gasteiger partial charge in [0, 0.05) is 17.4 Å². The Morgan fingerprint density at radius 2 is 2.33 bits per heavy atom. The minimum Gasteiger partial charge on any atom is -0.466 e. The molecule has 0 atom stereocenters. The highest BCUT2D eigenvalue weighted by Crippen LogP contribution is 2.23. The quantitative estimate of drug-likeness (QED) is 0.648. The van der Waals surface area contributed by atoms with Crippen LogP contribution in [0.15, 0.2) is 22.7 Å². The van der Waals surface area contributed by atoms with E-state index in [1.807, 2.05) is 18.2 Å². The average molecular weight is 311 g/mol. The third-order valence-electron chi connectivity index (χ3n) is 2.30. The zero-order chi connectivity index (χ0) is 13.4. The molecule has 96 valence electrons. The van der Waals surface area contributed by atoms with E-state index in [1.165, 1.54) is 0 Å². The van der Waals surface area contributed by atoms with Crippen LogP contribution in [-0.4, -0.2) is 19.1 Å².